The van der Waals surface area contributed by atoms with E-state index in [9.17, 15) is 18.0 Å². The van der Waals surface area contributed by atoms with Gasteiger partial charge < -0.3 is 10.0 Å². The Bertz CT molecular complexity index is 506. The molecule has 106 valence electrons. The highest BCUT2D eigenvalue weighted by Crippen LogP contribution is 2.18. The average Bonchev–Trinajstić information content (AvgIpc) is 2.66. The van der Waals surface area contributed by atoms with Crippen molar-refractivity contribution in [2.45, 2.75) is 19.4 Å². The number of carbonyl (C=O) groups is 2. The van der Waals surface area contributed by atoms with Crippen LogP contribution in [0.1, 0.15) is 13.3 Å². The number of nitrogens with zero attached hydrogens (tertiary/aromatic N) is 1. The van der Waals surface area contributed by atoms with Gasteiger partial charge in [-0.2, -0.15) is 0 Å². The average molecular weight is 287 g/mol. The van der Waals surface area contributed by atoms with Gasteiger partial charge in [0.1, 0.15) is 6.54 Å². The standard InChI is InChI=1S/C12H17NO5S/c1-2-3-4-5-11(14)13(8-12(15)16)10-6-7-19(17,18)9-10/h2-5,10H,6-9H2,1H3,(H,15,16)/b3-2+,5-4+. The lowest BCUT2D eigenvalue weighted by molar-refractivity contribution is -0.143. The Balaban J connectivity index is 2.83. The van der Waals surface area contributed by atoms with Gasteiger partial charge in [0.2, 0.25) is 5.91 Å². The van der Waals surface area contributed by atoms with Crippen LogP contribution in [0.4, 0.5) is 0 Å². The summed E-state index contributed by atoms with van der Waals surface area (Å²) in [5.74, 6) is -1.80. The van der Waals surface area contributed by atoms with Gasteiger partial charge in [-0.15, -0.1) is 0 Å². The Morgan fingerprint density at radius 3 is 2.53 bits per heavy atom. The van der Waals surface area contributed by atoms with E-state index in [2.05, 4.69) is 0 Å². The van der Waals surface area contributed by atoms with E-state index < -0.39 is 34.3 Å². The lowest BCUT2D eigenvalue weighted by Crippen LogP contribution is -2.43. The lowest BCUT2D eigenvalue weighted by Gasteiger charge is -2.25. The van der Waals surface area contributed by atoms with Gasteiger partial charge in [-0.1, -0.05) is 18.2 Å². The molecule has 1 fully saturated rings. The monoisotopic (exact) mass is 287 g/mol. The number of hydrogen-bond donors (Lipinski definition) is 1. The molecule has 1 atom stereocenters. The number of rotatable bonds is 5. The maximum atomic E-state index is 11.9. The minimum absolute atomic E-state index is 0.000354. The quantitative estimate of drug-likeness (QED) is 0.577. The molecule has 0 aliphatic carbocycles. The van der Waals surface area contributed by atoms with Crippen molar-refractivity contribution in [2.75, 3.05) is 18.1 Å². The summed E-state index contributed by atoms with van der Waals surface area (Å²) in [6, 6.07) is -0.552. The van der Waals surface area contributed by atoms with Gasteiger partial charge in [0.05, 0.1) is 11.5 Å². The highest BCUT2D eigenvalue weighted by Gasteiger charge is 2.34. The second kappa shape index (κ2) is 6.51. The summed E-state index contributed by atoms with van der Waals surface area (Å²) in [7, 11) is -3.16. The summed E-state index contributed by atoms with van der Waals surface area (Å²) in [4.78, 5) is 23.8. The Morgan fingerprint density at radius 1 is 1.37 bits per heavy atom. The zero-order valence-electron chi connectivity index (χ0n) is 10.7. The molecule has 1 unspecified atom stereocenters. The molecule has 0 radical (unpaired) electrons. The largest absolute Gasteiger partial charge is 0.480 e. The normalized spacial score (nSPS) is 22.1. The number of sulfone groups is 1. The second-order valence-corrected chi connectivity index (χ2v) is 6.53. The molecule has 1 N–H and O–H groups in total. The van der Waals surface area contributed by atoms with Crippen LogP contribution >= 0.6 is 0 Å². The zero-order chi connectivity index (χ0) is 14.5. The maximum absolute atomic E-state index is 11.9. The fourth-order valence-corrected chi connectivity index (χ4v) is 3.63. The van der Waals surface area contributed by atoms with Crippen LogP contribution in [-0.2, 0) is 19.4 Å². The van der Waals surface area contributed by atoms with E-state index in [4.69, 9.17) is 5.11 Å². The van der Waals surface area contributed by atoms with Crippen LogP contribution in [0.25, 0.3) is 0 Å². The molecule has 0 saturated carbocycles. The fourth-order valence-electron chi connectivity index (χ4n) is 1.90. The van der Waals surface area contributed by atoms with Gasteiger partial charge in [0.15, 0.2) is 9.84 Å². The summed E-state index contributed by atoms with van der Waals surface area (Å²) in [6.45, 7) is 1.30. The van der Waals surface area contributed by atoms with Crippen molar-refractivity contribution in [2.24, 2.45) is 0 Å². The Morgan fingerprint density at radius 2 is 2.05 bits per heavy atom. The van der Waals surface area contributed by atoms with E-state index in [1.165, 1.54) is 12.2 Å². The lowest BCUT2D eigenvalue weighted by atomic mass is 10.2. The third kappa shape index (κ3) is 4.86. The van der Waals surface area contributed by atoms with Crippen molar-refractivity contribution in [3.63, 3.8) is 0 Å². The second-order valence-electron chi connectivity index (χ2n) is 4.30. The minimum Gasteiger partial charge on any atom is -0.480 e. The molecule has 0 spiro atoms. The van der Waals surface area contributed by atoms with Gasteiger partial charge in [-0.3, -0.25) is 9.59 Å². The van der Waals surface area contributed by atoms with Crippen LogP contribution in [0.5, 0.6) is 0 Å². The molecule has 1 amide bonds. The van der Waals surface area contributed by atoms with Crippen molar-refractivity contribution >= 4 is 21.7 Å². The third-order valence-electron chi connectivity index (χ3n) is 2.78. The van der Waals surface area contributed by atoms with Gasteiger partial charge >= 0.3 is 5.97 Å². The van der Waals surface area contributed by atoms with E-state index in [0.29, 0.717) is 6.42 Å². The van der Waals surface area contributed by atoms with E-state index in [1.807, 2.05) is 0 Å². The molecule has 0 bridgehead atoms. The molecule has 1 aliphatic heterocycles. The smallest absolute Gasteiger partial charge is 0.323 e. The Hall–Kier alpha value is -1.63. The van der Waals surface area contributed by atoms with E-state index >= 15 is 0 Å². The SMILES string of the molecule is C/C=C/C=C/C(=O)N(CC(=O)O)C1CCS(=O)(=O)C1. The van der Waals surface area contributed by atoms with Crippen LogP contribution in [-0.4, -0.2) is 54.4 Å². The van der Waals surface area contributed by atoms with Gasteiger partial charge in [-0.05, 0) is 13.3 Å². The number of amides is 1. The molecule has 19 heavy (non-hydrogen) atoms. The molecule has 0 aromatic heterocycles. The van der Waals surface area contributed by atoms with E-state index in [-0.39, 0.29) is 11.5 Å². The molecule has 1 rings (SSSR count). The summed E-state index contributed by atoms with van der Waals surface area (Å²) in [5, 5.41) is 8.81. The molecule has 0 aromatic rings. The predicted molar refractivity (Wildman–Crippen MR) is 70.4 cm³/mol. The number of hydrogen-bond acceptors (Lipinski definition) is 4. The van der Waals surface area contributed by atoms with E-state index in [0.717, 1.165) is 4.90 Å². The van der Waals surface area contributed by atoms with Crippen LogP contribution in [0.15, 0.2) is 24.3 Å². The molecule has 1 heterocycles. The molecule has 6 nitrogen and oxygen atoms in total. The van der Waals surface area contributed by atoms with Crippen LogP contribution in [0, 0.1) is 0 Å². The first kappa shape index (κ1) is 15.4. The Kier molecular flexibility index (Phi) is 5.29. The fraction of sp³-hybridized carbons (Fsp3) is 0.500. The van der Waals surface area contributed by atoms with Crippen molar-refractivity contribution in [1.29, 1.82) is 0 Å². The van der Waals surface area contributed by atoms with Crippen LogP contribution in [0.2, 0.25) is 0 Å². The van der Waals surface area contributed by atoms with Crippen LogP contribution in [0.3, 0.4) is 0 Å². The predicted octanol–water partition coefficient (Wildman–Crippen LogP) is 0.219. The molecular weight excluding hydrogens is 270 g/mol. The zero-order valence-corrected chi connectivity index (χ0v) is 11.5. The molecule has 1 saturated heterocycles. The molecular formula is C12H17NO5S. The highest BCUT2D eigenvalue weighted by molar-refractivity contribution is 7.91. The topological polar surface area (TPSA) is 91.8 Å². The third-order valence-corrected chi connectivity index (χ3v) is 4.53. The van der Waals surface area contributed by atoms with Gasteiger partial charge in [0, 0.05) is 12.1 Å². The molecule has 1 aliphatic rings. The van der Waals surface area contributed by atoms with Crippen LogP contribution < -0.4 is 0 Å². The number of allylic oxidation sites excluding steroid dienone is 3. The summed E-state index contributed by atoms with van der Waals surface area (Å²) < 4.78 is 22.8. The Labute approximate surface area is 112 Å². The van der Waals surface area contributed by atoms with Gasteiger partial charge in [0.25, 0.3) is 0 Å². The van der Waals surface area contributed by atoms with Crippen molar-refractivity contribution < 1.29 is 23.1 Å². The van der Waals surface area contributed by atoms with Crippen molar-refractivity contribution in [3.05, 3.63) is 24.3 Å². The number of carboxylic acids is 1. The first-order chi connectivity index (χ1) is 8.85. The molecule has 0 aromatic carbocycles. The van der Waals surface area contributed by atoms with Crippen molar-refractivity contribution in [1.82, 2.24) is 4.90 Å². The first-order valence-corrected chi connectivity index (χ1v) is 7.70. The first-order valence-electron chi connectivity index (χ1n) is 5.88. The number of aliphatic carboxylic acids is 1. The van der Waals surface area contributed by atoms with Gasteiger partial charge in [-0.25, -0.2) is 8.42 Å². The number of carboxylic acid groups (broad SMARTS) is 1. The molecule has 7 heteroatoms. The summed E-state index contributed by atoms with van der Waals surface area (Å²) in [6.07, 6.45) is 6.40. The summed E-state index contributed by atoms with van der Waals surface area (Å²) >= 11 is 0. The van der Waals surface area contributed by atoms with E-state index in [1.54, 1.807) is 19.1 Å². The maximum Gasteiger partial charge on any atom is 0.323 e. The van der Waals surface area contributed by atoms with Crippen molar-refractivity contribution in [3.8, 4) is 0 Å². The minimum atomic E-state index is -3.16. The summed E-state index contributed by atoms with van der Waals surface area (Å²) in [5.41, 5.74) is 0. The number of carbonyl (C=O) groups excluding carboxylic acids is 1. The highest BCUT2D eigenvalue weighted by atomic mass is 32.2.